The first-order valence-corrected chi connectivity index (χ1v) is 6.72. The third kappa shape index (κ3) is 4.80. The van der Waals surface area contributed by atoms with Crippen LogP contribution >= 0.6 is 0 Å². The van der Waals surface area contributed by atoms with Crippen molar-refractivity contribution in [2.75, 3.05) is 19.8 Å². The highest BCUT2D eigenvalue weighted by molar-refractivity contribution is 6.02. The van der Waals surface area contributed by atoms with Crippen LogP contribution in [0.5, 0.6) is 0 Å². The number of hydrogen-bond donors (Lipinski definition) is 0. The van der Waals surface area contributed by atoms with Gasteiger partial charge < -0.3 is 9.47 Å². The number of nitrogens with zero attached hydrogens (tertiary/aromatic N) is 1. The van der Waals surface area contributed by atoms with Crippen LogP contribution in [0.15, 0.2) is 0 Å². The van der Waals surface area contributed by atoms with Crippen LogP contribution in [0, 0.1) is 21.4 Å². The van der Waals surface area contributed by atoms with Gasteiger partial charge in [-0.05, 0) is 20.8 Å². The monoisotopic (exact) mass is 303 g/mol. The summed E-state index contributed by atoms with van der Waals surface area (Å²) in [5.74, 6) is -4.18. The van der Waals surface area contributed by atoms with E-state index >= 15 is 0 Å². The van der Waals surface area contributed by atoms with Crippen molar-refractivity contribution in [2.24, 2.45) is 11.3 Å². The number of hydrogen-bond acceptors (Lipinski definition) is 7. The molecule has 0 aliphatic carbocycles. The number of nitro groups is 1. The van der Waals surface area contributed by atoms with Crippen molar-refractivity contribution in [1.29, 1.82) is 0 Å². The van der Waals surface area contributed by atoms with Crippen molar-refractivity contribution in [2.45, 2.75) is 34.1 Å². The number of carbonyl (C=O) groups excluding carboxylic acids is 3. The second-order valence-electron chi connectivity index (χ2n) is 4.62. The fourth-order valence-electron chi connectivity index (χ4n) is 2.08. The van der Waals surface area contributed by atoms with Gasteiger partial charge in [0.1, 0.15) is 11.2 Å². The molecule has 0 amide bonds. The van der Waals surface area contributed by atoms with E-state index < -0.39 is 40.5 Å². The first kappa shape index (κ1) is 19.0. The van der Waals surface area contributed by atoms with Crippen LogP contribution in [-0.4, -0.2) is 42.4 Å². The zero-order valence-corrected chi connectivity index (χ0v) is 12.7. The zero-order valence-electron chi connectivity index (χ0n) is 12.7. The summed E-state index contributed by atoms with van der Waals surface area (Å²) in [5.41, 5.74) is -1.79. The molecule has 0 aromatic carbocycles. The molecule has 0 spiro atoms. The molecular formula is C13H21NO7. The standard InChI is InChI=1S/C13H21NO7/c1-5-9(15)13(4,8-14(18)19)10(11(16)20-6-2)12(17)21-7-3/h10H,5-8H2,1-4H3. The normalized spacial score (nSPS) is 13.4. The number of ether oxygens (including phenoxy) is 2. The number of carbonyl (C=O) groups is 3. The van der Waals surface area contributed by atoms with Crippen LogP contribution in [0.1, 0.15) is 34.1 Å². The Morgan fingerprint density at radius 1 is 1.10 bits per heavy atom. The predicted molar refractivity (Wildman–Crippen MR) is 72.0 cm³/mol. The van der Waals surface area contributed by atoms with Gasteiger partial charge in [-0.3, -0.25) is 24.5 Å². The lowest BCUT2D eigenvalue weighted by atomic mass is 9.72. The van der Waals surface area contributed by atoms with Crippen LogP contribution in [-0.2, 0) is 23.9 Å². The Bertz CT molecular complexity index is 403. The summed E-state index contributed by atoms with van der Waals surface area (Å²) in [6.45, 7) is 4.93. The summed E-state index contributed by atoms with van der Waals surface area (Å²) in [6.07, 6.45) is -0.0420. The minimum Gasteiger partial charge on any atom is -0.465 e. The van der Waals surface area contributed by atoms with Gasteiger partial charge in [-0.2, -0.15) is 0 Å². The van der Waals surface area contributed by atoms with E-state index in [1.54, 1.807) is 0 Å². The maximum Gasteiger partial charge on any atom is 0.321 e. The fourth-order valence-corrected chi connectivity index (χ4v) is 2.08. The largest absolute Gasteiger partial charge is 0.465 e. The molecule has 0 aromatic heterocycles. The summed E-state index contributed by atoms with van der Waals surface area (Å²) in [7, 11) is 0. The number of esters is 2. The molecule has 0 aliphatic heterocycles. The number of Topliss-reactive ketones (excluding diaryl/α,β-unsaturated/α-hetero) is 1. The highest BCUT2D eigenvalue weighted by atomic mass is 16.6. The molecule has 1 unspecified atom stereocenters. The van der Waals surface area contributed by atoms with Gasteiger partial charge in [0.05, 0.1) is 13.2 Å². The Morgan fingerprint density at radius 3 is 1.81 bits per heavy atom. The van der Waals surface area contributed by atoms with Crippen molar-refractivity contribution in [3.63, 3.8) is 0 Å². The van der Waals surface area contributed by atoms with Crippen molar-refractivity contribution in [1.82, 2.24) is 0 Å². The molecule has 0 saturated carbocycles. The van der Waals surface area contributed by atoms with Gasteiger partial charge >= 0.3 is 11.9 Å². The Hall–Kier alpha value is -1.99. The van der Waals surface area contributed by atoms with Crippen LogP contribution in [0.25, 0.3) is 0 Å². The van der Waals surface area contributed by atoms with E-state index in [1.165, 1.54) is 27.7 Å². The van der Waals surface area contributed by atoms with Crippen LogP contribution < -0.4 is 0 Å². The first-order valence-electron chi connectivity index (χ1n) is 6.72. The molecule has 0 N–H and O–H groups in total. The molecule has 0 rings (SSSR count). The lowest BCUT2D eigenvalue weighted by Crippen LogP contribution is -2.49. The third-order valence-corrected chi connectivity index (χ3v) is 3.10. The third-order valence-electron chi connectivity index (χ3n) is 3.10. The van der Waals surface area contributed by atoms with Gasteiger partial charge in [-0.1, -0.05) is 6.92 Å². The summed E-state index contributed by atoms with van der Waals surface area (Å²) in [6, 6.07) is 0. The molecule has 0 heterocycles. The Labute approximate surface area is 122 Å². The molecule has 1 atom stereocenters. The maximum atomic E-state index is 12.1. The molecule has 0 saturated heterocycles. The van der Waals surface area contributed by atoms with Gasteiger partial charge in [0.15, 0.2) is 5.92 Å². The van der Waals surface area contributed by atoms with E-state index in [9.17, 15) is 24.5 Å². The van der Waals surface area contributed by atoms with Crippen LogP contribution in [0.2, 0.25) is 0 Å². The molecule has 21 heavy (non-hydrogen) atoms. The summed E-state index contributed by atoms with van der Waals surface area (Å²) >= 11 is 0. The van der Waals surface area contributed by atoms with Gasteiger partial charge in [0.25, 0.3) is 0 Å². The lowest BCUT2D eigenvalue weighted by molar-refractivity contribution is -0.494. The van der Waals surface area contributed by atoms with Crippen molar-refractivity contribution in [3.8, 4) is 0 Å². The van der Waals surface area contributed by atoms with E-state index in [1.807, 2.05) is 0 Å². The maximum absolute atomic E-state index is 12.1. The zero-order chi connectivity index (χ0) is 16.6. The highest BCUT2D eigenvalue weighted by Gasteiger charge is 2.53. The van der Waals surface area contributed by atoms with Crippen molar-refractivity contribution < 1.29 is 28.8 Å². The molecule has 0 aliphatic rings. The number of rotatable bonds is 9. The van der Waals surface area contributed by atoms with Gasteiger partial charge in [0.2, 0.25) is 6.54 Å². The predicted octanol–water partition coefficient (Wildman–Crippen LogP) is 0.991. The summed E-state index contributed by atoms with van der Waals surface area (Å²) < 4.78 is 9.56. The van der Waals surface area contributed by atoms with E-state index in [0.717, 1.165) is 0 Å². The van der Waals surface area contributed by atoms with Crippen molar-refractivity contribution >= 4 is 17.7 Å². The molecule has 0 fully saturated rings. The van der Waals surface area contributed by atoms with E-state index in [4.69, 9.17) is 9.47 Å². The van der Waals surface area contributed by atoms with E-state index in [-0.39, 0.29) is 19.6 Å². The Morgan fingerprint density at radius 2 is 1.52 bits per heavy atom. The molecule has 0 aromatic rings. The average molecular weight is 303 g/mol. The van der Waals surface area contributed by atoms with Crippen LogP contribution in [0.3, 0.4) is 0 Å². The molecule has 120 valence electrons. The van der Waals surface area contributed by atoms with Crippen molar-refractivity contribution in [3.05, 3.63) is 10.1 Å². The minimum absolute atomic E-state index is 0.0103. The summed E-state index contributed by atoms with van der Waals surface area (Å²) in [4.78, 5) is 46.3. The van der Waals surface area contributed by atoms with Gasteiger partial charge in [0, 0.05) is 11.3 Å². The second kappa shape index (κ2) is 8.33. The summed E-state index contributed by atoms with van der Waals surface area (Å²) in [5, 5.41) is 10.8. The highest BCUT2D eigenvalue weighted by Crippen LogP contribution is 2.32. The SMILES string of the molecule is CCOC(=O)C(C(=O)OCC)C(C)(C[N+](=O)[O-])C(=O)CC. The van der Waals surface area contributed by atoms with E-state index in [0.29, 0.717) is 0 Å². The minimum atomic E-state index is -1.79. The number of ketones is 1. The molecule has 0 bridgehead atoms. The average Bonchev–Trinajstić information content (AvgIpc) is 2.37. The lowest BCUT2D eigenvalue weighted by Gasteiger charge is -2.29. The quantitative estimate of drug-likeness (QED) is 0.270. The van der Waals surface area contributed by atoms with Crippen LogP contribution in [0.4, 0.5) is 0 Å². The molecule has 8 nitrogen and oxygen atoms in total. The smallest absolute Gasteiger partial charge is 0.321 e. The molecule has 8 heteroatoms. The fraction of sp³-hybridized carbons (Fsp3) is 0.769. The Balaban J connectivity index is 5.76. The van der Waals surface area contributed by atoms with E-state index in [2.05, 4.69) is 0 Å². The van der Waals surface area contributed by atoms with Gasteiger partial charge in [-0.15, -0.1) is 0 Å². The topological polar surface area (TPSA) is 113 Å². The Kier molecular flexibility index (Phi) is 7.54. The molecular weight excluding hydrogens is 282 g/mol. The first-order chi connectivity index (χ1) is 9.74. The molecule has 0 radical (unpaired) electrons. The van der Waals surface area contributed by atoms with Gasteiger partial charge in [-0.25, -0.2) is 0 Å². The second-order valence-corrected chi connectivity index (χ2v) is 4.62.